The van der Waals surface area contributed by atoms with E-state index in [-0.39, 0.29) is 16.3 Å². The van der Waals surface area contributed by atoms with E-state index >= 15 is 0 Å². The molecule has 0 aromatic heterocycles. The average molecular weight is 308 g/mol. The van der Waals surface area contributed by atoms with E-state index < -0.39 is 17.7 Å². The third-order valence-electron chi connectivity index (χ3n) is 2.84. The van der Waals surface area contributed by atoms with Gasteiger partial charge in [0.1, 0.15) is 5.82 Å². The van der Waals surface area contributed by atoms with E-state index in [1.807, 2.05) is 0 Å². The van der Waals surface area contributed by atoms with Crippen molar-refractivity contribution in [2.45, 2.75) is 6.92 Å². The summed E-state index contributed by atoms with van der Waals surface area (Å²) in [6.07, 6.45) is 0. The Balaban J connectivity index is 2.29. The molecule has 0 spiro atoms. The second-order valence-corrected chi connectivity index (χ2v) is 4.88. The minimum atomic E-state index is -1.15. The van der Waals surface area contributed by atoms with Crippen LogP contribution in [0.25, 0.3) is 0 Å². The van der Waals surface area contributed by atoms with E-state index in [0.29, 0.717) is 11.1 Å². The minimum absolute atomic E-state index is 0.0337. The van der Waals surface area contributed by atoms with Crippen molar-refractivity contribution >= 4 is 29.2 Å². The number of carbonyl (C=O) groups excluding carboxylic acids is 1. The molecule has 0 aliphatic carbocycles. The molecule has 0 aliphatic heterocycles. The average Bonchev–Trinajstić information content (AvgIpc) is 2.37. The van der Waals surface area contributed by atoms with Gasteiger partial charge in [0.2, 0.25) is 0 Å². The zero-order valence-corrected chi connectivity index (χ0v) is 11.7. The summed E-state index contributed by atoms with van der Waals surface area (Å²) in [5, 5.41) is 11.7. The van der Waals surface area contributed by atoms with Gasteiger partial charge in [0.05, 0.1) is 5.56 Å². The standard InChI is InChI=1S/C15H11ClFNO3/c1-8-4-11(17)2-3-13(8)14(19)18-12-6-9(15(20)21)5-10(16)7-12/h2-7H,1H3,(H,18,19)(H,20,21). The molecule has 0 atom stereocenters. The number of carbonyl (C=O) groups is 2. The number of rotatable bonds is 3. The van der Waals surface area contributed by atoms with Gasteiger partial charge in [-0.3, -0.25) is 4.79 Å². The lowest BCUT2D eigenvalue weighted by molar-refractivity contribution is 0.0696. The van der Waals surface area contributed by atoms with Gasteiger partial charge >= 0.3 is 5.97 Å². The van der Waals surface area contributed by atoms with E-state index in [0.717, 1.165) is 0 Å². The van der Waals surface area contributed by atoms with E-state index in [4.69, 9.17) is 16.7 Å². The quantitative estimate of drug-likeness (QED) is 0.907. The Kier molecular flexibility index (Phi) is 4.23. The fourth-order valence-electron chi connectivity index (χ4n) is 1.87. The monoisotopic (exact) mass is 307 g/mol. The normalized spacial score (nSPS) is 10.2. The number of hydrogen-bond acceptors (Lipinski definition) is 2. The summed E-state index contributed by atoms with van der Waals surface area (Å²) in [4.78, 5) is 23.1. The maximum atomic E-state index is 13.0. The molecule has 0 saturated carbocycles. The Hall–Kier alpha value is -2.40. The SMILES string of the molecule is Cc1cc(F)ccc1C(=O)Nc1cc(Cl)cc(C(=O)O)c1. The number of halogens is 2. The van der Waals surface area contributed by atoms with Crippen LogP contribution >= 0.6 is 11.6 Å². The third-order valence-corrected chi connectivity index (χ3v) is 3.05. The summed E-state index contributed by atoms with van der Waals surface area (Å²) in [6, 6.07) is 7.80. The first-order valence-electron chi connectivity index (χ1n) is 5.98. The molecule has 4 nitrogen and oxygen atoms in total. The molecule has 108 valence electrons. The minimum Gasteiger partial charge on any atom is -0.478 e. The van der Waals surface area contributed by atoms with Crippen molar-refractivity contribution < 1.29 is 19.1 Å². The first-order chi connectivity index (χ1) is 9.86. The number of carboxylic acids is 1. The maximum Gasteiger partial charge on any atom is 0.335 e. The highest BCUT2D eigenvalue weighted by Crippen LogP contribution is 2.20. The summed E-state index contributed by atoms with van der Waals surface area (Å²) in [5.41, 5.74) is 1.00. The number of benzene rings is 2. The molecule has 2 N–H and O–H groups in total. The molecular formula is C15H11ClFNO3. The molecule has 0 aliphatic rings. The van der Waals surface area contributed by atoms with Crippen molar-refractivity contribution in [3.05, 3.63) is 63.9 Å². The summed E-state index contributed by atoms with van der Waals surface area (Å²) in [7, 11) is 0. The van der Waals surface area contributed by atoms with Crippen LogP contribution < -0.4 is 5.32 Å². The Morgan fingerprint density at radius 2 is 1.90 bits per heavy atom. The molecule has 6 heteroatoms. The predicted molar refractivity (Wildman–Crippen MR) is 77.5 cm³/mol. The predicted octanol–water partition coefficient (Wildman–Crippen LogP) is 3.74. The van der Waals surface area contributed by atoms with Gasteiger partial charge in [0, 0.05) is 16.3 Å². The molecule has 2 rings (SSSR count). The van der Waals surface area contributed by atoms with Crippen LogP contribution in [0.1, 0.15) is 26.3 Å². The van der Waals surface area contributed by atoms with Gasteiger partial charge in [-0.05, 0) is 48.9 Å². The zero-order chi connectivity index (χ0) is 15.6. The van der Waals surface area contributed by atoms with E-state index in [2.05, 4.69) is 5.32 Å². The van der Waals surface area contributed by atoms with Gasteiger partial charge in [-0.15, -0.1) is 0 Å². The van der Waals surface area contributed by atoms with Crippen LogP contribution in [0.15, 0.2) is 36.4 Å². The Morgan fingerprint density at radius 1 is 1.19 bits per heavy atom. The van der Waals surface area contributed by atoms with Gasteiger partial charge in [0.15, 0.2) is 0 Å². The topological polar surface area (TPSA) is 66.4 Å². The number of aryl methyl sites for hydroxylation is 1. The number of carboxylic acid groups (broad SMARTS) is 1. The van der Waals surface area contributed by atoms with E-state index in [9.17, 15) is 14.0 Å². The molecule has 2 aromatic rings. The van der Waals surface area contributed by atoms with Crippen molar-refractivity contribution in [2.24, 2.45) is 0 Å². The first-order valence-corrected chi connectivity index (χ1v) is 6.36. The molecule has 0 heterocycles. The van der Waals surface area contributed by atoms with Crippen molar-refractivity contribution in [3.8, 4) is 0 Å². The Bertz CT molecular complexity index is 731. The number of aromatic carboxylic acids is 1. The summed E-state index contributed by atoms with van der Waals surface area (Å²) in [6.45, 7) is 1.61. The highest BCUT2D eigenvalue weighted by Gasteiger charge is 2.12. The summed E-state index contributed by atoms with van der Waals surface area (Å²) >= 11 is 5.81. The van der Waals surface area contributed by atoms with E-state index in [1.165, 1.54) is 36.4 Å². The molecule has 0 fully saturated rings. The highest BCUT2D eigenvalue weighted by molar-refractivity contribution is 6.31. The van der Waals surface area contributed by atoms with Crippen LogP contribution in [-0.2, 0) is 0 Å². The van der Waals surface area contributed by atoms with Crippen LogP contribution in [0, 0.1) is 12.7 Å². The molecule has 21 heavy (non-hydrogen) atoms. The van der Waals surface area contributed by atoms with Gasteiger partial charge in [-0.1, -0.05) is 11.6 Å². The van der Waals surface area contributed by atoms with Gasteiger partial charge in [-0.25, -0.2) is 9.18 Å². The number of nitrogens with one attached hydrogen (secondary N) is 1. The molecule has 0 unspecified atom stereocenters. The van der Waals surface area contributed by atoms with Gasteiger partial charge in [-0.2, -0.15) is 0 Å². The van der Waals surface area contributed by atoms with Crippen molar-refractivity contribution in [1.82, 2.24) is 0 Å². The molecule has 2 aromatic carbocycles. The number of anilines is 1. The lowest BCUT2D eigenvalue weighted by Crippen LogP contribution is -2.14. The van der Waals surface area contributed by atoms with Crippen LogP contribution in [0.5, 0.6) is 0 Å². The fraction of sp³-hybridized carbons (Fsp3) is 0.0667. The summed E-state index contributed by atoms with van der Waals surface area (Å²) < 4.78 is 13.0. The van der Waals surface area contributed by atoms with Crippen molar-refractivity contribution in [1.29, 1.82) is 0 Å². The van der Waals surface area contributed by atoms with Crippen molar-refractivity contribution in [3.63, 3.8) is 0 Å². The maximum absolute atomic E-state index is 13.0. The molecule has 0 radical (unpaired) electrons. The molecule has 0 saturated heterocycles. The number of amides is 1. The molecular weight excluding hydrogens is 297 g/mol. The first kappa shape index (κ1) is 15.0. The van der Waals surface area contributed by atoms with Gasteiger partial charge < -0.3 is 10.4 Å². The highest BCUT2D eigenvalue weighted by atomic mass is 35.5. The molecule has 1 amide bonds. The van der Waals surface area contributed by atoms with Crippen LogP contribution in [0.4, 0.5) is 10.1 Å². The van der Waals surface area contributed by atoms with Crippen LogP contribution in [0.3, 0.4) is 0 Å². The van der Waals surface area contributed by atoms with E-state index in [1.54, 1.807) is 6.92 Å². The summed E-state index contributed by atoms with van der Waals surface area (Å²) in [5.74, 6) is -2.04. The van der Waals surface area contributed by atoms with Crippen LogP contribution in [-0.4, -0.2) is 17.0 Å². The van der Waals surface area contributed by atoms with Gasteiger partial charge in [0.25, 0.3) is 5.91 Å². The third kappa shape index (κ3) is 3.58. The molecule has 0 bridgehead atoms. The zero-order valence-electron chi connectivity index (χ0n) is 11.0. The second kappa shape index (κ2) is 5.93. The van der Waals surface area contributed by atoms with Crippen molar-refractivity contribution in [2.75, 3.05) is 5.32 Å². The van der Waals surface area contributed by atoms with Crippen LogP contribution in [0.2, 0.25) is 5.02 Å². The lowest BCUT2D eigenvalue weighted by Gasteiger charge is -2.09. The second-order valence-electron chi connectivity index (χ2n) is 4.45. The number of hydrogen-bond donors (Lipinski definition) is 2. The smallest absolute Gasteiger partial charge is 0.335 e. The fourth-order valence-corrected chi connectivity index (χ4v) is 2.10. The lowest BCUT2D eigenvalue weighted by atomic mass is 10.1. The largest absolute Gasteiger partial charge is 0.478 e. The Morgan fingerprint density at radius 3 is 2.52 bits per heavy atom. The Labute approximate surface area is 125 Å².